The fraction of sp³-hybridized carbons (Fsp3) is 0.286. The first-order valence-corrected chi connectivity index (χ1v) is 3.27. The summed E-state index contributed by atoms with van der Waals surface area (Å²) in [6, 6.07) is 2.84. The lowest BCUT2D eigenvalue weighted by atomic mass is 10.2. The molecule has 0 aliphatic rings. The molecule has 1 rings (SSSR count). The molecule has 1 unspecified atom stereocenters. The lowest BCUT2D eigenvalue weighted by molar-refractivity contribution is -0.119. The molecule has 1 aromatic heterocycles. The highest BCUT2D eigenvalue weighted by Crippen LogP contribution is 2.02. The van der Waals surface area contributed by atoms with Gasteiger partial charge in [-0.15, -0.1) is 0 Å². The van der Waals surface area contributed by atoms with E-state index in [1.165, 1.54) is 6.26 Å². The van der Waals surface area contributed by atoms with Crippen LogP contribution in [0.2, 0.25) is 0 Å². The van der Waals surface area contributed by atoms with Gasteiger partial charge in [0.25, 0.3) is 0 Å². The van der Waals surface area contributed by atoms with Crippen molar-refractivity contribution >= 4 is 5.91 Å². The molecule has 4 N–H and O–H groups in total. The number of nitrogens with two attached hydrogens (primary N) is 2. The fourth-order valence-electron chi connectivity index (χ4n) is 0.746. The molecule has 0 fully saturated rings. The molecule has 4 nitrogen and oxygen atoms in total. The zero-order valence-electron chi connectivity index (χ0n) is 5.99. The maximum Gasteiger partial charge on any atom is 0.234 e. The Morgan fingerprint density at radius 3 is 2.91 bits per heavy atom. The third-order valence-electron chi connectivity index (χ3n) is 1.37. The molecule has 0 saturated carbocycles. The molecule has 0 saturated heterocycles. The van der Waals surface area contributed by atoms with Gasteiger partial charge in [-0.2, -0.15) is 0 Å². The minimum atomic E-state index is -0.652. The van der Waals surface area contributed by atoms with Gasteiger partial charge in [-0.3, -0.25) is 4.79 Å². The number of hydrogen-bond acceptors (Lipinski definition) is 3. The highest BCUT2D eigenvalue weighted by molar-refractivity contribution is 5.79. The van der Waals surface area contributed by atoms with Crippen molar-refractivity contribution in [2.75, 3.05) is 0 Å². The van der Waals surface area contributed by atoms with E-state index in [0.29, 0.717) is 12.2 Å². The van der Waals surface area contributed by atoms with Gasteiger partial charge in [0, 0.05) is 6.42 Å². The Morgan fingerprint density at radius 2 is 2.45 bits per heavy atom. The normalized spacial score (nSPS) is 12.8. The van der Waals surface area contributed by atoms with E-state index < -0.39 is 11.9 Å². The third kappa shape index (κ3) is 2.09. The topological polar surface area (TPSA) is 82.2 Å². The Morgan fingerprint density at radius 1 is 1.73 bits per heavy atom. The average Bonchev–Trinajstić information content (AvgIpc) is 2.39. The Balaban J connectivity index is 2.50. The molecule has 1 atom stereocenters. The first-order chi connectivity index (χ1) is 5.20. The van der Waals surface area contributed by atoms with Crippen LogP contribution in [-0.2, 0) is 11.2 Å². The standard InChI is InChI=1S/C7H10N2O2/c8-6(7(9)10)4-5-2-1-3-11-5/h1-3,6H,4,8H2,(H2,9,10). The summed E-state index contributed by atoms with van der Waals surface area (Å²) in [4.78, 5) is 10.5. The van der Waals surface area contributed by atoms with Crippen LogP contribution in [0.4, 0.5) is 0 Å². The molecular formula is C7H10N2O2. The van der Waals surface area contributed by atoms with Crippen molar-refractivity contribution < 1.29 is 9.21 Å². The molecule has 60 valence electrons. The first-order valence-electron chi connectivity index (χ1n) is 3.27. The van der Waals surface area contributed by atoms with Crippen LogP contribution in [0, 0.1) is 0 Å². The molecule has 11 heavy (non-hydrogen) atoms. The van der Waals surface area contributed by atoms with Crippen molar-refractivity contribution in [2.45, 2.75) is 12.5 Å². The summed E-state index contributed by atoms with van der Waals surface area (Å²) >= 11 is 0. The van der Waals surface area contributed by atoms with Gasteiger partial charge in [-0.1, -0.05) is 0 Å². The third-order valence-corrected chi connectivity index (χ3v) is 1.37. The molecule has 0 spiro atoms. The van der Waals surface area contributed by atoms with Gasteiger partial charge in [0.05, 0.1) is 12.3 Å². The van der Waals surface area contributed by atoms with E-state index in [9.17, 15) is 4.79 Å². The number of amides is 1. The fourth-order valence-corrected chi connectivity index (χ4v) is 0.746. The number of furan rings is 1. The summed E-state index contributed by atoms with van der Waals surface area (Å²) in [6.45, 7) is 0. The van der Waals surface area contributed by atoms with Crippen LogP contribution in [-0.4, -0.2) is 11.9 Å². The lowest BCUT2D eigenvalue weighted by Crippen LogP contribution is -2.37. The number of carbonyl (C=O) groups is 1. The summed E-state index contributed by atoms with van der Waals surface area (Å²) in [5.41, 5.74) is 10.3. The highest BCUT2D eigenvalue weighted by Gasteiger charge is 2.10. The van der Waals surface area contributed by atoms with Gasteiger partial charge in [0.2, 0.25) is 5.91 Å². The second-order valence-corrected chi connectivity index (χ2v) is 2.29. The summed E-state index contributed by atoms with van der Waals surface area (Å²) in [7, 11) is 0. The molecular weight excluding hydrogens is 144 g/mol. The quantitative estimate of drug-likeness (QED) is 0.623. The van der Waals surface area contributed by atoms with Crippen LogP contribution in [0.5, 0.6) is 0 Å². The second kappa shape index (κ2) is 3.21. The van der Waals surface area contributed by atoms with Gasteiger partial charge in [-0.05, 0) is 12.1 Å². The minimum Gasteiger partial charge on any atom is -0.469 e. The summed E-state index contributed by atoms with van der Waals surface area (Å²) in [5, 5.41) is 0. The largest absolute Gasteiger partial charge is 0.469 e. The van der Waals surface area contributed by atoms with Gasteiger partial charge >= 0.3 is 0 Å². The van der Waals surface area contributed by atoms with E-state index in [0.717, 1.165) is 0 Å². The van der Waals surface area contributed by atoms with Crippen molar-refractivity contribution in [1.29, 1.82) is 0 Å². The average molecular weight is 154 g/mol. The van der Waals surface area contributed by atoms with Crippen molar-refractivity contribution in [3.05, 3.63) is 24.2 Å². The molecule has 1 amide bonds. The Bertz CT molecular complexity index is 231. The highest BCUT2D eigenvalue weighted by atomic mass is 16.3. The van der Waals surface area contributed by atoms with Crippen molar-refractivity contribution in [3.63, 3.8) is 0 Å². The Labute approximate surface area is 64.2 Å². The van der Waals surface area contributed by atoms with Crippen molar-refractivity contribution in [2.24, 2.45) is 11.5 Å². The first kappa shape index (κ1) is 7.81. The predicted octanol–water partition coefficient (Wildman–Crippen LogP) is -0.365. The van der Waals surface area contributed by atoms with Crippen LogP contribution < -0.4 is 11.5 Å². The van der Waals surface area contributed by atoms with Crippen LogP contribution in [0.25, 0.3) is 0 Å². The van der Waals surface area contributed by atoms with E-state index in [1.54, 1.807) is 12.1 Å². The Hall–Kier alpha value is -1.29. The monoisotopic (exact) mass is 154 g/mol. The number of hydrogen-bond donors (Lipinski definition) is 2. The van der Waals surface area contributed by atoms with Crippen LogP contribution in [0.15, 0.2) is 22.8 Å². The van der Waals surface area contributed by atoms with E-state index in [1.807, 2.05) is 0 Å². The van der Waals surface area contributed by atoms with Crippen LogP contribution >= 0.6 is 0 Å². The summed E-state index contributed by atoms with van der Waals surface area (Å²) < 4.78 is 4.97. The van der Waals surface area contributed by atoms with Crippen molar-refractivity contribution in [3.8, 4) is 0 Å². The van der Waals surface area contributed by atoms with E-state index in [4.69, 9.17) is 15.9 Å². The molecule has 0 bridgehead atoms. The van der Waals surface area contributed by atoms with E-state index >= 15 is 0 Å². The van der Waals surface area contributed by atoms with E-state index in [-0.39, 0.29) is 0 Å². The number of rotatable bonds is 3. The minimum absolute atomic E-state index is 0.363. The van der Waals surface area contributed by atoms with Gasteiger partial charge < -0.3 is 15.9 Å². The molecule has 0 aromatic carbocycles. The van der Waals surface area contributed by atoms with Crippen LogP contribution in [0.3, 0.4) is 0 Å². The maximum atomic E-state index is 10.5. The number of primary amides is 1. The summed E-state index contributed by atoms with van der Waals surface area (Å²) in [5.74, 6) is 0.165. The van der Waals surface area contributed by atoms with Gasteiger partial charge in [0.1, 0.15) is 5.76 Å². The van der Waals surface area contributed by atoms with E-state index in [2.05, 4.69) is 0 Å². The van der Waals surface area contributed by atoms with Gasteiger partial charge in [0.15, 0.2) is 0 Å². The predicted molar refractivity (Wildman–Crippen MR) is 39.6 cm³/mol. The second-order valence-electron chi connectivity index (χ2n) is 2.29. The lowest BCUT2D eigenvalue weighted by Gasteiger charge is -2.02. The number of carbonyl (C=O) groups excluding carboxylic acids is 1. The molecule has 0 radical (unpaired) electrons. The zero-order chi connectivity index (χ0) is 8.27. The smallest absolute Gasteiger partial charge is 0.234 e. The summed E-state index contributed by atoms with van der Waals surface area (Å²) in [6.07, 6.45) is 1.89. The SMILES string of the molecule is NC(=O)C(N)Cc1ccco1. The van der Waals surface area contributed by atoms with Crippen LogP contribution in [0.1, 0.15) is 5.76 Å². The molecule has 4 heteroatoms. The van der Waals surface area contributed by atoms with Gasteiger partial charge in [-0.25, -0.2) is 0 Å². The molecule has 1 aromatic rings. The zero-order valence-corrected chi connectivity index (χ0v) is 5.99. The molecule has 0 aliphatic carbocycles. The molecule has 0 aliphatic heterocycles. The molecule has 1 heterocycles. The Kier molecular flexibility index (Phi) is 2.28. The van der Waals surface area contributed by atoms with Crippen molar-refractivity contribution in [1.82, 2.24) is 0 Å². The maximum absolute atomic E-state index is 10.5.